The van der Waals surface area contributed by atoms with Crippen molar-refractivity contribution in [2.45, 2.75) is 57.9 Å². The van der Waals surface area contributed by atoms with Gasteiger partial charge in [-0.15, -0.1) is 0 Å². The van der Waals surface area contributed by atoms with Crippen molar-refractivity contribution in [3.8, 4) is 5.75 Å². The van der Waals surface area contributed by atoms with Gasteiger partial charge in [-0.1, -0.05) is 32.0 Å². The fourth-order valence-electron chi connectivity index (χ4n) is 4.15. The molecule has 0 amide bonds. The minimum absolute atomic E-state index is 0.599. The second-order valence-corrected chi connectivity index (χ2v) is 7.02. The van der Waals surface area contributed by atoms with E-state index in [2.05, 4.69) is 43.4 Å². The van der Waals surface area contributed by atoms with E-state index < -0.39 is 0 Å². The first-order valence-corrected chi connectivity index (χ1v) is 8.73. The highest BCUT2D eigenvalue weighted by atomic mass is 16.5. The van der Waals surface area contributed by atoms with Crippen LogP contribution in [0.3, 0.4) is 0 Å². The van der Waals surface area contributed by atoms with Crippen LogP contribution in [0.1, 0.15) is 57.4 Å². The fourth-order valence-corrected chi connectivity index (χ4v) is 4.15. The van der Waals surface area contributed by atoms with Gasteiger partial charge in [-0.05, 0) is 56.6 Å². The molecule has 2 nitrogen and oxygen atoms in total. The maximum Gasteiger partial charge on any atom is 0.122 e. The summed E-state index contributed by atoms with van der Waals surface area (Å²) in [6.45, 7) is 6.72. The highest BCUT2D eigenvalue weighted by Crippen LogP contribution is 2.41. The topological polar surface area (TPSA) is 21.3 Å². The van der Waals surface area contributed by atoms with Crippen LogP contribution in [0.25, 0.3) is 0 Å². The summed E-state index contributed by atoms with van der Waals surface area (Å²) < 4.78 is 5.88. The molecule has 1 heterocycles. The molecule has 2 heteroatoms. The van der Waals surface area contributed by atoms with Gasteiger partial charge in [0, 0.05) is 17.5 Å². The Bertz CT molecular complexity index is 457. The summed E-state index contributed by atoms with van der Waals surface area (Å²) in [7, 11) is 0. The van der Waals surface area contributed by atoms with Crippen molar-refractivity contribution < 1.29 is 4.74 Å². The molecule has 1 aliphatic carbocycles. The second-order valence-electron chi connectivity index (χ2n) is 7.02. The van der Waals surface area contributed by atoms with Crippen molar-refractivity contribution in [1.29, 1.82) is 0 Å². The predicted octanol–water partition coefficient (Wildman–Crippen LogP) is 4.36. The predicted molar refractivity (Wildman–Crippen MR) is 87.9 cm³/mol. The van der Waals surface area contributed by atoms with Gasteiger partial charge in [0.05, 0.1) is 6.61 Å². The smallest absolute Gasteiger partial charge is 0.122 e. The van der Waals surface area contributed by atoms with Crippen LogP contribution in [0.4, 0.5) is 0 Å². The first-order chi connectivity index (χ1) is 10.3. The SMILES string of the molecule is CCCNC1CCC(C)CC1CC1COc2ccccc21. The summed E-state index contributed by atoms with van der Waals surface area (Å²) in [6.07, 6.45) is 6.62. The van der Waals surface area contributed by atoms with E-state index in [0.29, 0.717) is 12.0 Å². The van der Waals surface area contributed by atoms with E-state index >= 15 is 0 Å². The van der Waals surface area contributed by atoms with Crippen molar-refractivity contribution >= 4 is 0 Å². The lowest BCUT2D eigenvalue weighted by atomic mass is 9.74. The third-order valence-corrected chi connectivity index (χ3v) is 5.29. The highest BCUT2D eigenvalue weighted by molar-refractivity contribution is 5.39. The van der Waals surface area contributed by atoms with E-state index in [-0.39, 0.29) is 0 Å². The standard InChI is InChI=1S/C19H29NO/c1-3-10-20-18-9-8-14(2)11-15(18)12-16-13-21-19-7-5-4-6-17(16)19/h4-7,14-16,18,20H,3,8-13H2,1-2H3. The third kappa shape index (κ3) is 3.42. The maximum absolute atomic E-state index is 5.88. The number of nitrogens with one attached hydrogen (secondary N) is 1. The Morgan fingerprint density at radius 1 is 1.24 bits per heavy atom. The van der Waals surface area contributed by atoms with E-state index in [0.717, 1.165) is 30.7 Å². The monoisotopic (exact) mass is 287 g/mol. The molecule has 4 unspecified atom stereocenters. The quantitative estimate of drug-likeness (QED) is 0.869. The molecular formula is C19H29NO. The van der Waals surface area contributed by atoms with Crippen LogP contribution in [0.15, 0.2) is 24.3 Å². The molecule has 4 atom stereocenters. The third-order valence-electron chi connectivity index (χ3n) is 5.29. The van der Waals surface area contributed by atoms with Gasteiger partial charge in [-0.25, -0.2) is 0 Å². The van der Waals surface area contributed by atoms with Crippen molar-refractivity contribution in [3.05, 3.63) is 29.8 Å². The lowest BCUT2D eigenvalue weighted by Gasteiger charge is -2.37. The number of ether oxygens (including phenoxy) is 1. The molecule has 2 aliphatic rings. The summed E-state index contributed by atoms with van der Waals surface area (Å²) in [5, 5.41) is 3.80. The van der Waals surface area contributed by atoms with Crippen molar-refractivity contribution in [2.24, 2.45) is 11.8 Å². The molecule has 1 saturated carbocycles. The lowest BCUT2D eigenvalue weighted by Crippen LogP contribution is -2.41. The summed E-state index contributed by atoms with van der Waals surface area (Å²) in [5.74, 6) is 3.40. The second kappa shape index (κ2) is 6.83. The van der Waals surface area contributed by atoms with E-state index in [1.807, 2.05) is 0 Å². The Hall–Kier alpha value is -1.02. The van der Waals surface area contributed by atoms with Crippen LogP contribution in [-0.4, -0.2) is 19.2 Å². The van der Waals surface area contributed by atoms with Gasteiger partial charge >= 0.3 is 0 Å². The van der Waals surface area contributed by atoms with Crippen LogP contribution >= 0.6 is 0 Å². The normalized spacial score (nSPS) is 31.7. The van der Waals surface area contributed by atoms with E-state index in [9.17, 15) is 0 Å². The van der Waals surface area contributed by atoms with Gasteiger partial charge in [0.15, 0.2) is 0 Å². The molecule has 21 heavy (non-hydrogen) atoms. The zero-order chi connectivity index (χ0) is 14.7. The molecule has 0 aromatic heterocycles. The number of rotatable bonds is 5. The van der Waals surface area contributed by atoms with E-state index in [1.165, 1.54) is 37.7 Å². The Kier molecular flexibility index (Phi) is 4.84. The number of benzene rings is 1. The molecule has 0 spiro atoms. The molecule has 1 N–H and O–H groups in total. The Balaban J connectivity index is 1.67. The van der Waals surface area contributed by atoms with Crippen molar-refractivity contribution in [3.63, 3.8) is 0 Å². The molecular weight excluding hydrogens is 258 g/mol. The highest BCUT2D eigenvalue weighted by Gasteiger charge is 2.33. The van der Waals surface area contributed by atoms with E-state index in [1.54, 1.807) is 0 Å². The molecule has 0 radical (unpaired) electrons. The minimum atomic E-state index is 0.599. The van der Waals surface area contributed by atoms with Crippen LogP contribution in [-0.2, 0) is 0 Å². The van der Waals surface area contributed by atoms with Crippen LogP contribution < -0.4 is 10.1 Å². The molecule has 1 aromatic carbocycles. The molecule has 0 saturated heterocycles. The largest absolute Gasteiger partial charge is 0.493 e. The van der Waals surface area contributed by atoms with Gasteiger partial charge in [0.1, 0.15) is 5.75 Å². The molecule has 1 fully saturated rings. The van der Waals surface area contributed by atoms with Crippen LogP contribution in [0.2, 0.25) is 0 Å². The average molecular weight is 287 g/mol. The number of fused-ring (bicyclic) bond motifs is 1. The van der Waals surface area contributed by atoms with Gasteiger partial charge < -0.3 is 10.1 Å². The minimum Gasteiger partial charge on any atom is -0.493 e. The maximum atomic E-state index is 5.88. The number of hydrogen-bond acceptors (Lipinski definition) is 2. The first-order valence-electron chi connectivity index (χ1n) is 8.73. The number of para-hydroxylation sites is 1. The molecule has 116 valence electrons. The number of hydrogen-bond donors (Lipinski definition) is 1. The van der Waals surface area contributed by atoms with E-state index in [4.69, 9.17) is 4.74 Å². The molecule has 0 bridgehead atoms. The van der Waals surface area contributed by atoms with Crippen LogP contribution in [0.5, 0.6) is 5.75 Å². The van der Waals surface area contributed by atoms with Gasteiger partial charge in [0.2, 0.25) is 0 Å². The summed E-state index contributed by atoms with van der Waals surface area (Å²) in [6, 6.07) is 9.32. The zero-order valence-corrected chi connectivity index (χ0v) is 13.5. The molecule has 1 aromatic rings. The first kappa shape index (κ1) is 14.9. The molecule has 1 aliphatic heterocycles. The summed E-state index contributed by atoms with van der Waals surface area (Å²) in [4.78, 5) is 0. The fraction of sp³-hybridized carbons (Fsp3) is 0.684. The summed E-state index contributed by atoms with van der Waals surface area (Å²) in [5.41, 5.74) is 1.44. The van der Waals surface area contributed by atoms with Gasteiger partial charge in [0.25, 0.3) is 0 Å². The van der Waals surface area contributed by atoms with Crippen molar-refractivity contribution in [1.82, 2.24) is 5.32 Å². The van der Waals surface area contributed by atoms with Gasteiger partial charge in [-0.3, -0.25) is 0 Å². The zero-order valence-electron chi connectivity index (χ0n) is 13.5. The van der Waals surface area contributed by atoms with Gasteiger partial charge in [-0.2, -0.15) is 0 Å². The van der Waals surface area contributed by atoms with Crippen LogP contribution in [0, 0.1) is 11.8 Å². The Morgan fingerprint density at radius 3 is 2.95 bits per heavy atom. The average Bonchev–Trinajstić information content (AvgIpc) is 2.90. The summed E-state index contributed by atoms with van der Waals surface area (Å²) >= 11 is 0. The molecule has 3 rings (SSSR count). The Labute approximate surface area is 129 Å². The Morgan fingerprint density at radius 2 is 2.10 bits per heavy atom. The van der Waals surface area contributed by atoms with Crippen molar-refractivity contribution in [2.75, 3.05) is 13.2 Å². The lowest BCUT2D eigenvalue weighted by molar-refractivity contribution is 0.186.